The van der Waals surface area contributed by atoms with Gasteiger partial charge in [0.05, 0.1) is 12.4 Å². The Morgan fingerprint density at radius 3 is 2.64 bits per heavy atom. The Bertz CT molecular complexity index is 431. The van der Waals surface area contributed by atoms with Crippen molar-refractivity contribution in [2.45, 2.75) is 19.1 Å². The van der Waals surface area contributed by atoms with Gasteiger partial charge in [0.25, 0.3) is 0 Å². The first-order chi connectivity index (χ1) is 6.70. The highest BCUT2D eigenvalue weighted by Gasteiger charge is 2.18. The summed E-state index contributed by atoms with van der Waals surface area (Å²) in [5.74, 6) is 0. The molecular formula is C11H12O3. The molecule has 0 aliphatic heterocycles. The molecule has 0 fully saturated rings. The second kappa shape index (κ2) is 3.44. The third-order valence-electron chi connectivity index (χ3n) is 2.29. The zero-order chi connectivity index (χ0) is 10.1. The minimum absolute atomic E-state index is 0.635. The highest BCUT2D eigenvalue weighted by molar-refractivity contribution is 5.81. The van der Waals surface area contributed by atoms with E-state index >= 15 is 0 Å². The van der Waals surface area contributed by atoms with E-state index in [1.54, 1.807) is 6.92 Å². The normalized spacial score (nSPS) is 15.6. The number of furan rings is 1. The lowest BCUT2D eigenvalue weighted by atomic mass is 10.0. The van der Waals surface area contributed by atoms with Crippen molar-refractivity contribution in [1.29, 1.82) is 0 Å². The molecule has 0 bridgehead atoms. The zero-order valence-electron chi connectivity index (χ0n) is 7.84. The van der Waals surface area contributed by atoms with Crippen molar-refractivity contribution < 1.29 is 14.6 Å². The van der Waals surface area contributed by atoms with Crippen molar-refractivity contribution in [2.75, 3.05) is 0 Å². The van der Waals surface area contributed by atoms with E-state index in [9.17, 15) is 10.2 Å². The monoisotopic (exact) mass is 192 g/mol. The first-order valence-corrected chi connectivity index (χ1v) is 4.52. The van der Waals surface area contributed by atoms with Crippen LogP contribution in [-0.4, -0.2) is 16.3 Å². The second-order valence-electron chi connectivity index (χ2n) is 3.37. The summed E-state index contributed by atoms with van der Waals surface area (Å²) in [6.07, 6.45) is -0.197. The Morgan fingerprint density at radius 1 is 1.21 bits per heavy atom. The summed E-state index contributed by atoms with van der Waals surface area (Å²) in [4.78, 5) is 0. The molecule has 2 unspecified atom stereocenters. The van der Waals surface area contributed by atoms with Crippen LogP contribution in [0.2, 0.25) is 0 Å². The van der Waals surface area contributed by atoms with Crippen LogP contribution in [0.25, 0.3) is 11.0 Å². The lowest BCUT2D eigenvalue weighted by molar-refractivity contribution is 0.0309. The fourth-order valence-corrected chi connectivity index (χ4v) is 1.49. The quantitative estimate of drug-likeness (QED) is 0.763. The number of rotatable bonds is 2. The van der Waals surface area contributed by atoms with Gasteiger partial charge in [-0.3, -0.25) is 0 Å². The molecule has 0 saturated carbocycles. The molecule has 14 heavy (non-hydrogen) atoms. The Kier molecular flexibility index (Phi) is 2.27. The van der Waals surface area contributed by atoms with Gasteiger partial charge in [0, 0.05) is 10.9 Å². The third-order valence-corrected chi connectivity index (χ3v) is 2.29. The van der Waals surface area contributed by atoms with Crippen LogP contribution in [0.3, 0.4) is 0 Å². The van der Waals surface area contributed by atoms with E-state index in [2.05, 4.69) is 0 Å². The Labute approximate surface area is 81.6 Å². The van der Waals surface area contributed by atoms with Gasteiger partial charge in [-0.25, -0.2) is 0 Å². The lowest BCUT2D eigenvalue weighted by Gasteiger charge is -2.11. The van der Waals surface area contributed by atoms with Gasteiger partial charge in [-0.1, -0.05) is 18.2 Å². The number of benzene rings is 1. The largest absolute Gasteiger partial charge is 0.464 e. The van der Waals surface area contributed by atoms with Crippen LogP contribution >= 0.6 is 0 Å². The molecule has 0 aliphatic rings. The number of aliphatic hydroxyl groups is 2. The summed E-state index contributed by atoms with van der Waals surface area (Å²) in [7, 11) is 0. The van der Waals surface area contributed by atoms with E-state index in [0.29, 0.717) is 5.56 Å². The van der Waals surface area contributed by atoms with E-state index in [-0.39, 0.29) is 0 Å². The predicted octanol–water partition coefficient (Wildman–Crippen LogP) is 1.85. The van der Waals surface area contributed by atoms with Crippen molar-refractivity contribution in [2.24, 2.45) is 0 Å². The molecule has 1 aromatic carbocycles. The predicted molar refractivity (Wildman–Crippen MR) is 52.9 cm³/mol. The van der Waals surface area contributed by atoms with Crippen LogP contribution in [-0.2, 0) is 0 Å². The number of hydrogen-bond donors (Lipinski definition) is 2. The number of hydrogen-bond acceptors (Lipinski definition) is 3. The molecule has 0 spiro atoms. The summed E-state index contributed by atoms with van der Waals surface area (Å²) < 4.78 is 5.25. The minimum atomic E-state index is -0.890. The van der Waals surface area contributed by atoms with E-state index in [1.807, 2.05) is 24.3 Å². The molecular weight excluding hydrogens is 180 g/mol. The molecule has 3 heteroatoms. The molecule has 0 amide bonds. The summed E-state index contributed by atoms with van der Waals surface area (Å²) in [5.41, 5.74) is 1.36. The van der Waals surface area contributed by atoms with Gasteiger partial charge in [-0.05, 0) is 13.0 Å². The van der Waals surface area contributed by atoms with Crippen molar-refractivity contribution >= 4 is 11.0 Å². The highest BCUT2D eigenvalue weighted by Crippen LogP contribution is 2.27. The molecule has 0 saturated heterocycles. The lowest BCUT2D eigenvalue weighted by Crippen LogP contribution is -2.13. The molecule has 0 aliphatic carbocycles. The van der Waals surface area contributed by atoms with Gasteiger partial charge in [0.1, 0.15) is 11.7 Å². The van der Waals surface area contributed by atoms with Crippen LogP contribution in [0.5, 0.6) is 0 Å². The molecule has 0 radical (unpaired) electrons. The number of fused-ring (bicyclic) bond motifs is 1. The minimum Gasteiger partial charge on any atom is -0.464 e. The van der Waals surface area contributed by atoms with E-state index in [4.69, 9.17) is 4.42 Å². The van der Waals surface area contributed by atoms with Gasteiger partial charge >= 0.3 is 0 Å². The number of para-hydroxylation sites is 1. The Balaban J connectivity index is 2.53. The highest BCUT2D eigenvalue weighted by atomic mass is 16.3. The smallest absolute Gasteiger partial charge is 0.134 e. The van der Waals surface area contributed by atoms with Crippen molar-refractivity contribution in [3.05, 3.63) is 36.1 Å². The van der Waals surface area contributed by atoms with Crippen molar-refractivity contribution in [1.82, 2.24) is 0 Å². The maximum atomic E-state index is 9.67. The van der Waals surface area contributed by atoms with Gasteiger partial charge in [-0.2, -0.15) is 0 Å². The first-order valence-electron chi connectivity index (χ1n) is 4.52. The van der Waals surface area contributed by atoms with Crippen LogP contribution in [0.4, 0.5) is 0 Å². The topological polar surface area (TPSA) is 53.6 Å². The fraction of sp³-hybridized carbons (Fsp3) is 0.273. The summed E-state index contributed by atoms with van der Waals surface area (Å²) in [5, 5.41) is 19.8. The molecule has 2 N–H and O–H groups in total. The van der Waals surface area contributed by atoms with E-state index in [0.717, 1.165) is 11.0 Å². The van der Waals surface area contributed by atoms with E-state index < -0.39 is 12.2 Å². The number of aliphatic hydroxyl groups excluding tert-OH is 2. The Hall–Kier alpha value is -1.32. The maximum Gasteiger partial charge on any atom is 0.134 e. The molecule has 2 aromatic rings. The third kappa shape index (κ3) is 1.41. The maximum absolute atomic E-state index is 9.67. The zero-order valence-corrected chi connectivity index (χ0v) is 7.84. The molecule has 2 atom stereocenters. The van der Waals surface area contributed by atoms with Gasteiger partial charge < -0.3 is 14.6 Å². The van der Waals surface area contributed by atoms with E-state index in [1.165, 1.54) is 6.26 Å². The summed E-state index contributed by atoms with van der Waals surface area (Å²) in [6.45, 7) is 1.55. The molecule has 2 rings (SSSR count). The van der Waals surface area contributed by atoms with Gasteiger partial charge in [0.2, 0.25) is 0 Å². The van der Waals surface area contributed by atoms with Gasteiger partial charge in [-0.15, -0.1) is 0 Å². The van der Waals surface area contributed by atoms with Crippen LogP contribution in [0.15, 0.2) is 34.9 Å². The molecule has 3 nitrogen and oxygen atoms in total. The van der Waals surface area contributed by atoms with Crippen molar-refractivity contribution in [3.63, 3.8) is 0 Å². The SMILES string of the molecule is CC(O)C(O)c1coc2ccccc12. The molecule has 1 aromatic heterocycles. The standard InChI is InChI=1S/C11H12O3/c1-7(12)11(13)9-6-14-10-5-3-2-4-8(9)10/h2-7,11-13H,1H3. The van der Waals surface area contributed by atoms with Crippen LogP contribution in [0.1, 0.15) is 18.6 Å². The fourth-order valence-electron chi connectivity index (χ4n) is 1.49. The van der Waals surface area contributed by atoms with Crippen LogP contribution in [0, 0.1) is 0 Å². The molecule has 1 heterocycles. The van der Waals surface area contributed by atoms with Crippen molar-refractivity contribution in [3.8, 4) is 0 Å². The summed E-state index contributed by atoms with van der Waals surface area (Å²) >= 11 is 0. The average molecular weight is 192 g/mol. The van der Waals surface area contributed by atoms with Crippen LogP contribution < -0.4 is 0 Å². The molecule has 74 valence electrons. The first kappa shape index (κ1) is 9.24. The second-order valence-corrected chi connectivity index (χ2v) is 3.37. The summed E-state index contributed by atoms with van der Waals surface area (Å²) in [6, 6.07) is 7.42. The average Bonchev–Trinajstić information content (AvgIpc) is 2.60. The Morgan fingerprint density at radius 2 is 1.93 bits per heavy atom. The van der Waals surface area contributed by atoms with Gasteiger partial charge in [0.15, 0.2) is 0 Å².